The Morgan fingerprint density at radius 3 is 2.80 bits per heavy atom. The number of nitrogens with zero attached hydrogens (tertiary/aromatic N) is 3. The fraction of sp³-hybridized carbons (Fsp3) is 0.462. The molecule has 0 unspecified atom stereocenters. The Morgan fingerprint density at radius 2 is 2.20 bits per heavy atom. The first kappa shape index (κ1) is 12.9. The van der Waals surface area contributed by atoms with Gasteiger partial charge in [0.25, 0.3) is 5.91 Å². The molecule has 1 aliphatic rings. The smallest absolute Gasteiger partial charge is 0.251 e. The van der Waals surface area contributed by atoms with E-state index in [-0.39, 0.29) is 18.1 Å². The van der Waals surface area contributed by atoms with Crippen LogP contribution in [-0.2, 0) is 4.74 Å². The van der Waals surface area contributed by atoms with Gasteiger partial charge in [0.15, 0.2) is 0 Å². The number of hydrogen-bond donors (Lipinski definition) is 2. The molecular formula is C13H17N5O2. The largest absolute Gasteiger partial charge is 0.383 e. The van der Waals surface area contributed by atoms with Crippen LogP contribution in [0.1, 0.15) is 36.9 Å². The zero-order chi connectivity index (χ0) is 14.4. The van der Waals surface area contributed by atoms with Crippen LogP contribution < -0.4 is 11.5 Å². The highest BCUT2D eigenvalue weighted by Crippen LogP contribution is 2.36. The number of carbonyl (C=O) groups excluding carboxylic acids is 1. The number of aromatic nitrogens is 3. The minimum absolute atomic E-state index is 0.161. The molecule has 0 aliphatic carbocycles. The number of amides is 1. The van der Waals surface area contributed by atoms with E-state index in [2.05, 4.69) is 16.9 Å². The Morgan fingerprint density at radius 1 is 1.45 bits per heavy atom. The highest BCUT2D eigenvalue weighted by atomic mass is 16.5. The molecule has 20 heavy (non-hydrogen) atoms. The molecule has 2 aromatic heterocycles. The van der Waals surface area contributed by atoms with Crippen LogP contribution >= 0.6 is 0 Å². The zero-order valence-electron chi connectivity index (χ0n) is 11.4. The topological polar surface area (TPSA) is 109 Å². The minimum atomic E-state index is -0.547. The first-order valence-electron chi connectivity index (χ1n) is 6.55. The summed E-state index contributed by atoms with van der Waals surface area (Å²) in [6.45, 7) is 4.17. The summed E-state index contributed by atoms with van der Waals surface area (Å²) < 4.78 is 7.74. The maximum absolute atomic E-state index is 11.6. The van der Waals surface area contributed by atoms with E-state index < -0.39 is 5.91 Å². The number of anilines is 1. The van der Waals surface area contributed by atoms with Gasteiger partial charge in [-0.2, -0.15) is 0 Å². The lowest BCUT2D eigenvalue weighted by molar-refractivity contribution is 0.00824. The SMILES string of the molecule is C[C@H]1C[C@H](n2cc(C(N)=O)c3c(N)ncnc32)O[C@@H]1C. The Kier molecular flexibility index (Phi) is 2.86. The van der Waals surface area contributed by atoms with Gasteiger partial charge in [0.05, 0.1) is 17.1 Å². The number of nitrogens with two attached hydrogens (primary N) is 2. The summed E-state index contributed by atoms with van der Waals surface area (Å²) in [5, 5.41) is 0.496. The highest BCUT2D eigenvalue weighted by molar-refractivity contribution is 6.08. The third-order valence-electron chi connectivity index (χ3n) is 3.96. The molecule has 0 spiro atoms. The molecule has 2 aromatic rings. The average Bonchev–Trinajstić information content (AvgIpc) is 2.92. The van der Waals surface area contributed by atoms with E-state index in [1.165, 1.54) is 6.33 Å². The lowest BCUT2D eigenvalue weighted by Gasteiger charge is -2.13. The number of rotatable bonds is 2. The molecule has 0 aromatic carbocycles. The van der Waals surface area contributed by atoms with Crippen LogP contribution in [-0.4, -0.2) is 26.5 Å². The monoisotopic (exact) mass is 275 g/mol. The van der Waals surface area contributed by atoms with Crippen molar-refractivity contribution in [3.05, 3.63) is 18.1 Å². The fourth-order valence-electron chi connectivity index (χ4n) is 2.64. The third kappa shape index (κ3) is 1.82. The van der Waals surface area contributed by atoms with Crippen LogP contribution in [0.3, 0.4) is 0 Å². The van der Waals surface area contributed by atoms with Crippen LogP contribution in [0, 0.1) is 5.92 Å². The van der Waals surface area contributed by atoms with Crippen molar-refractivity contribution in [1.29, 1.82) is 0 Å². The molecule has 1 aliphatic heterocycles. The molecular weight excluding hydrogens is 258 g/mol. The molecule has 7 nitrogen and oxygen atoms in total. The summed E-state index contributed by atoms with van der Waals surface area (Å²) in [4.78, 5) is 19.7. The summed E-state index contributed by atoms with van der Waals surface area (Å²) in [6.07, 6.45) is 3.89. The number of nitrogen functional groups attached to an aromatic ring is 1. The predicted molar refractivity (Wildman–Crippen MR) is 73.8 cm³/mol. The van der Waals surface area contributed by atoms with Crippen molar-refractivity contribution in [2.24, 2.45) is 11.7 Å². The van der Waals surface area contributed by atoms with Crippen molar-refractivity contribution in [3.8, 4) is 0 Å². The van der Waals surface area contributed by atoms with Crippen molar-refractivity contribution >= 4 is 22.8 Å². The number of ether oxygens (including phenoxy) is 1. The van der Waals surface area contributed by atoms with Gasteiger partial charge in [-0.1, -0.05) is 6.92 Å². The molecule has 3 rings (SSSR count). The van der Waals surface area contributed by atoms with Gasteiger partial charge in [0, 0.05) is 6.20 Å². The van der Waals surface area contributed by atoms with Gasteiger partial charge in [-0.05, 0) is 19.3 Å². The maximum Gasteiger partial charge on any atom is 0.251 e. The van der Waals surface area contributed by atoms with Gasteiger partial charge < -0.3 is 20.8 Å². The van der Waals surface area contributed by atoms with E-state index in [1.807, 2.05) is 11.5 Å². The number of hydrogen-bond acceptors (Lipinski definition) is 5. The molecule has 0 bridgehead atoms. The predicted octanol–water partition coefficient (Wildman–Crippen LogP) is 1.06. The van der Waals surface area contributed by atoms with Gasteiger partial charge in [0.2, 0.25) is 0 Å². The van der Waals surface area contributed by atoms with E-state index in [0.29, 0.717) is 22.5 Å². The summed E-state index contributed by atoms with van der Waals surface area (Å²) in [7, 11) is 0. The molecule has 1 fully saturated rings. The first-order chi connectivity index (χ1) is 9.49. The van der Waals surface area contributed by atoms with Crippen molar-refractivity contribution in [1.82, 2.24) is 14.5 Å². The van der Waals surface area contributed by atoms with Crippen LogP contribution in [0.25, 0.3) is 11.0 Å². The van der Waals surface area contributed by atoms with Gasteiger partial charge in [-0.3, -0.25) is 4.79 Å². The van der Waals surface area contributed by atoms with Crippen LogP contribution in [0.15, 0.2) is 12.5 Å². The second kappa shape index (κ2) is 4.45. The highest BCUT2D eigenvalue weighted by Gasteiger charge is 2.32. The molecule has 3 atom stereocenters. The molecule has 106 valence electrons. The number of primary amides is 1. The molecule has 0 saturated carbocycles. The van der Waals surface area contributed by atoms with Gasteiger partial charge in [-0.25, -0.2) is 9.97 Å². The van der Waals surface area contributed by atoms with Crippen molar-refractivity contribution in [3.63, 3.8) is 0 Å². The quantitative estimate of drug-likeness (QED) is 0.851. The summed E-state index contributed by atoms with van der Waals surface area (Å²) in [6, 6.07) is 0. The van der Waals surface area contributed by atoms with E-state index in [9.17, 15) is 4.79 Å². The van der Waals surface area contributed by atoms with Gasteiger partial charge >= 0.3 is 0 Å². The van der Waals surface area contributed by atoms with Crippen molar-refractivity contribution in [2.75, 3.05) is 5.73 Å². The molecule has 3 heterocycles. The Hall–Kier alpha value is -2.15. The van der Waals surface area contributed by atoms with E-state index in [0.717, 1.165) is 6.42 Å². The van der Waals surface area contributed by atoms with Crippen LogP contribution in [0.2, 0.25) is 0 Å². The summed E-state index contributed by atoms with van der Waals surface area (Å²) in [5.41, 5.74) is 12.2. The van der Waals surface area contributed by atoms with E-state index in [1.54, 1.807) is 6.20 Å². The summed E-state index contributed by atoms with van der Waals surface area (Å²) in [5.74, 6) is 0.143. The van der Waals surface area contributed by atoms with Gasteiger partial charge in [-0.15, -0.1) is 0 Å². The Balaban J connectivity index is 2.17. The Labute approximate surface area is 115 Å². The fourth-order valence-corrected chi connectivity index (χ4v) is 2.64. The minimum Gasteiger partial charge on any atom is -0.383 e. The van der Waals surface area contributed by atoms with Crippen LogP contribution in [0.4, 0.5) is 5.82 Å². The van der Waals surface area contributed by atoms with Crippen LogP contribution in [0.5, 0.6) is 0 Å². The zero-order valence-corrected chi connectivity index (χ0v) is 11.4. The number of fused-ring (bicyclic) bond motifs is 1. The van der Waals surface area contributed by atoms with E-state index >= 15 is 0 Å². The second-order valence-corrected chi connectivity index (χ2v) is 5.28. The lowest BCUT2D eigenvalue weighted by atomic mass is 10.1. The summed E-state index contributed by atoms with van der Waals surface area (Å²) >= 11 is 0. The second-order valence-electron chi connectivity index (χ2n) is 5.28. The third-order valence-corrected chi connectivity index (χ3v) is 3.96. The van der Waals surface area contributed by atoms with Crippen molar-refractivity contribution < 1.29 is 9.53 Å². The van der Waals surface area contributed by atoms with E-state index in [4.69, 9.17) is 16.2 Å². The Bertz CT molecular complexity index is 671. The number of carbonyl (C=O) groups is 1. The first-order valence-corrected chi connectivity index (χ1v) is 6.55. The normalized spacial score (nSPS) is 26.2. The molecule has 1 saturated heterocycles. The average molecular weight is 275 g/mol. The molecule has 7 heteroatoms. The molecule has 1 amide bonds. The maximum atomic E-state index is 11.6. The standard InChI is InChI=1S/C13H17N5O2/c1-6-3-9(20-7(6)2)18-4-8(12(15)19)10-11(14)16-5-17-13(10)18/h4-7,9H,3H2,1-2H3,(H2,15,19)(H2,14,16,17)/t6-,7+,9+/m0/s1. The molecule has 4 N–H and O–H groups in total. The lowest BCUT2D eigenvalue weighted by Crippen LogP contribution is -2.11. The van der Waals surface area contributed by atoms with Crippen molar-refractivity contribution in [2.45, 2.75) is 32.6 Å². The molecule has 0 radical (unpaired) electrons. The van der Waals surface area contributed by atoms with Gasteiger partial charge in [0.1, 0.15) is 24.0 Å².